The van der Waals surface area contributed by atoms with Gasteiger partial charge in [0.1, 0.15) is 0 Å². The first kappa shape index (κ1) is 18.8. The predicted octanol–water partition coefficient (Wildman–Crippen LogP) is 1.41. The first-order valence-electron chi connectivity index (χ1n) is 6.92. The summed E-state index contributed by atoms with van der Waals surface area (Å²) >= 11 is 0. The molecule has 0 N–H and O–H groups in total. The Kier molecular flexibility index (Phi) is 11.5. The normalized spacial score (nSPS) is 12.3. The van der Waals surface area contributed by atoms with E-state index in [0.717, 1.165) is 13.2 Å². The van der Waals surface area contributed by atoms with Gasteiger partial charge in [0.15, 0.2) is 0 Å². The van der Waals surface area contributed by atoms with Crippen LogP contribution in [-0.4, -0.2) is 77.4 Å². The molecule has 0 aliphatic rings. The van der Waals surface area contributed by atoms with Crippen LogP contribution in [0.25, 0.3) is 0 Å². The molecule has 0 radical (unpaired) electrons. The second-order valence-corrected chi connectivity index (χ2v) is 5.42. The minimum absolute atomic E-state index is 0.194. The fourth-order valence-corrected chi connectivity index (χ4v) is 1.22. The Hall–Kier alpha value is -0.200. The zero-order chi connectivity index (χ0) is 14.6. The highest BCUT2D eigenvalue weighted by atomic mass is 16.6. The Balaban J connectivity index is 3.15. The zero-order valence-electron chi connectivity index (χ0n) is 13.2. The third-order valence-electron chi connectivity index (χ3n) is 2.89. The van der Waals surface area contributed by atoms with Crippen molar-refractivity contribution in [2.75, 3.05) is 67.0 Å². The molecule has 0 rings (SSSR count). The molecule has 0 aromatic heterocycles. The average Bonchev–Trinajstić information content (AvgIpc) is 2.34. The minimum Gasteiger partial charge on any atom is -0.382 e. The van der Waals surface area contributed by atoms with E-state index in [1.807, 2.05) is 0 Å². The van der Waals surface area contributed by atoms with Crippen LogP contribution in [0.15, 0.2) is 0 Å². The average molecular weight is 277 g/mol. The molecule has 0 atom stereocenters. The van der Waals surface area contributed by atoms with Crippen LogP contribution in [0.4, 0.5) is 0 Å². The van der Waals surface area contributed by atoms with Crippen LogP contribution in [0, 0.1) is 0 Å². The van der Waals surface area contributed by atoms with Crippen LogP contribution < -0.4 is 0 Å². The molecule has 0 spiro atoms. The maximum Gasteiger partial charge on any atom is 0.0701 e. The van der Waals surface area contributed by atoms with E-state index < -0.39 is 0 Å². The van der Waals surface area contributed by atoms with Crippen LogP contribution in [0.1, 0.15) is 20.8 Å². The highest BCUT2D eigenvalue weighted by Crippen LogP contribution is 2.08. The molecular formula is C14H31NO4. The highest BCUT2D eigenvalue weighted by Gasteiger charge is 2.15. The maximum absolute atomic E-state index is 5.52. The molecule has 5 nitrogen and oxygen atoms in total. The summed E-state index contributed by atoms with van der Waals surface area (Å²) in [4.78, 5) is 2.28. The number of ether oxygens (including phenoxy) is 4. The fourth-order valence-electron chi connectivity index (χ4n) is 1.22. The Morgan fingerprint density at radius 1 is 0.737 bits per heavy atom. The molecule has 0 aromatic carbocycles. The third-order valence-corrected chi connectivity index (χ3v) is 2.89. The number of likely N-dealkylation sites (N-methyl/N-ethyl adjacent to an activating group) is 1. The molecule has 0 aliphatic carbocycles. The quantitative estimate of drug-likeness (QED) is 0.505. The van der Waals surface area contributed by atoms with E-state index >= 15 is 0 Å². The molecule has 116 valence electrons. The van der Waals surface area contributed by atoms with E-state index in [4.69, 9.17) is 18.9 Å². The van der Waals surface area contributed by atoms with Gasteiger partial charge >= 0.3 is 0 Å². The minimum atomic E-state index is 0.194. The molecule has 0 heterocycles. The Morgan fingerprint density at radius 3 is 1.58 bits per heavy atom. The molecule has 0 saturated carbocycles. The largest absolute Gasteiger partial charge is 0.382 e. The molecule has 0 aliphatic heterocycles. The second kappa shape index (κ2) is 11.6. The van der Waals surface area contributed by atoms with Crippen molar-refractivity contribution in [3.05, 3.63) is 0 Å². The molecule has 0 aromatic rings. The summed E-state index contributed by atoms with van der Waals surface area (Å²) in [6, 6.07) is 0. The molecule has 0 bridgehead atoms. The summed E-state index contributed by atoms with van der Waals surface area (Å²) in [5.74, 6) is 0. The van der Waals surface area contributed by atoms with Gasteiger partial charge < -0.3 is 18.9 Å². The van der Waals surface area contributed by atoms with Crippen molar-refractivity contribution in [2.45, 2.75) is 26.3 Å². The molecule has 0 unspecified atom stereocenters. The summed E-state index contributed by atoms with van der Waals surface area (Å²) in [5, 5.41) is 0. The van der Waals surface area contributed by atoms with Crippen molar-refractivity contribution < 1.29 is 18.9 Å². The maximum atomic E-state index is 5.52. The van der Waals surface area contributed by atoms with Crippen molar-refractivity contribution in [2.24, 2.45) is 0 Å². The van der Waals surface area contributed by atoms with Gasteiger partial charge in [-0.05, 0) is 27.8 Å². The van der Waals surface area contributed by atoms with Gasteiger partial charge in [0.05, 0.1) is 46.2 Å². The summed E-state index contributed by atoms with van der Waals surface area (Å²) in [6.45, 7) is 12.0. The monoisotopic (exact) mass is 277 g/mol. The topological polar surface area (TPSA) is 40.2 Å². The van der Waals surface area contributed by atoms with Crippen molar-refractivity contribution in [3.63, 3.8) is 0 Å². The molecule has 0 saturated heterocycles. The van der Waals surface area contributed by atoms with Crippen molar-refractivity contribution in [1.29, 1.82) is 0 Å². The second-order valence-electron chi connectivity index (χ2n) is 5.42. The third kappa shape index (κ3) is 12.6. The molecule has 0 fully saturated rings. The van der Waals surface area contributed by atoms with Crippen molar-refractivity contribution in [3.8, 4) is 0 Å². The lowest BCUT2D eigenvalue weighted by Crippen LogP contribution is -2.40. The molecule has 5 heteroatoms. The number of rotatable bonds is 12. The van der Waals surface area contributed by atoms with Gasteiger partial charge in [-0.15, -0.1) is 0 Å². The smallest absolute Gasteiger partial charge is 0.0701 e. The summed E-state index contributed by atoms with van der Waals surface area (Å²) in [5.41, 5.74) is 0.194. The van der Waals surface area contributed by atoms with E-state index in [0.29, 0.717) is 39.6 Å². The van der Waals surface area contributed by atoms with E-state index in [1.165, 1.54) is 0 Å². The van der Waals surface area contributed by atoms with Gasteiger partial charge in [0, 0.05) is 19.2 Å². The van der Waals surface area contributed by atoms with Gasteiger partial charge in [-0.25, -0.2) is 0 Å². The van der Waals surface area contributed by atoms with Gasteiger partial charge in [0.2, 0.25) is 0 Å². The van der Waals surface area contributed by atoms with Crippen LogP contribution in [-0.2, 0) is 18.9 Å². The van der Waals surface area contributed by atoms with E-state index in [-0.39, 0.29) is 5.54 Å². The summed E-state index contributed by atoms with van der Waals surface area (Å²) < 4.78 is 21.0. The molecule has 0 amide bonds. The van der Waals surface area contributed by atoms with Gasteiger partial charge in [-0.1, -0.05) is 0 Å². The highest BCUT2D eigenvalue weighted by molar-refractivity contribution is 4.72. The van der Waals surface area contributed by atoms with Crippen molar-refractivity contribution in [1.82, 2.24) is 4.90 Å². The number of methoxy groups -OCH3 is 1. The first-order chi connectivity index (χ1) is 8.98. The summed E-state index contributed by atoms with van der Waals surface area (Å²) in [7, 11) is 3.77. The lowest BCUT2D eigenvalue weighted by Gasteiger charge is -2.31. The standard InChI is InChI=1S/C14H31NO4/c1-14(2,3)15(4)6-7-17-10-11-19-13-12-18-9-8-16-5/h6-13H2,1-5H3. The predicted molar refractivity (Wildman–Crippen MR) is 76.7 cm³/mol. The fraction of sp³-hybridized carbons (Fsp3) is 1.00. The van der Waals surface area contributed by atoms with Gasteiger partial charge in [-0.3, -0.25) is 4.90 Å². The zero-order valence-corrected chi connectivity index (χ0v) is 13.2. The lowest BCUT2D eigenvalue weighted by molar-refractivity contribution is -0.000926. The van der Waals surface area contributed by atoms with Crippen LogP contribution in [0.3, 0.4) is 0 Å². The van der Waals surface area contributed by atoms with Crippen molar-refractivity contribution >= 4 is 0 Å². The van der Waals surface area contributed by atoms with E-state index in [9.17, 15) is 0 Å². The van der Waals surface area contributed by atoms with Gasteiger partial charge in [-0.2, -0.15) is 0 Å². The lowest BCUT2D eigenvalue weighted by atomic mass is 10.1. The Morgan fingerprint density at radius 2 is 1.16 bits per heavy atom. The van der Waals surface area contributed by atoms with Crippen LogP contribution >= 0.6 is 0 Å². The van der Waals surface area contributed by atoms with Crippen LogP contribution in [0.2, 0.25) is 0 Å². The number of hydrogen-bond acceptors (Lipinski definition) is 5. The molecule has 19 heavy (non-hydrogen) atoms. The Labute approximate surface area is 118 Å². The molecular weight excluding hydrogens is 246 g/mol. The van der Waals surface area contributed by atoms with E-state index in [2.05, 4.69) is 32.7 Å². The van der Waals surface area contributed by atoms with E-state index in [1.54, 1.807) is 7.11 Å². The first-order valence-corrected chi connectivity index (χ1v) is 6.92. The SMILES string of the molecule is COCCOCCOCCOCCN(C)C(C)(C)C. The number of nitrogens with zero attached hydrogens (tertiary/aromatic N) is 1. The van der Waals surface area contributed by atoms with Gasteiger partial charge in [0.25, 0.3) is 0 Å². The summed E-state index contributed by atoms with van der Waals surface area (Å²) in [6.07, 6.45) is 0. The van der Waals surface area contributed by atoms with Crippen LogP contribution in [0.5, 0.6) is 0 Å². The Bertz CT molecular complexity index is 194. The number of hydrogen-bond donors (Lipinski definition) is 0.